The van der Waals surface area contributed by atoms with Crippen LogP contribution in [-0.4, -0.2) is 4.98 Å². The Morgan fingerprint density at radius 2 is 2.14 bits per heavy atom. The van der Waals surface area contributed by atoms with Gasteiger partial charge < -0.3 is 0 Å². The van der Waals surface area contributed by atoms with E-state index in [9.17, 15) is 0 Å². The largest absolute Gasteiger partial charge is 0.260 e. The minimum absolute atomic E-state index is 0.101. The van der Waals surface area contributed by atoms with Gasteiger partial charge in [-0.3, -0.25) is 4.98 Å². The van der Waals surface area contributed by atoms with E-state index in [1.807, 2.05) is 13.0 Å². The van der Waals surface area contributed by atoms with Crippen molar-refractivity contribution in [3.63, 3.8) is 0 Å². The monoisotopic (exact) mass is 188 g/mol. The van der Waals surface area contributed by atoms with Crippen LogP contribution in [0.25, 0.3) is 0 Å². The van der Waals surface area contributed by atoms with Crippen LogP contribution >= 0.6 is 0 Å². The third-order valence-electron chi connectivity index (χ3n) is 2.83. The van der Waals surface area contributed by atoms with Crippen molar-refractivity contribution < 1.29 is 0 Å². The lowest BCUT2D eigenvalue weighted by molar-refractivity contribution is 0.500. The summed E-state index contributed by atoms with van der Waals surface area (Å²) in [5, 5.41) is 8.80. The first-order chi connectivity index (χ1) is 6.51. The molecule has 0 N–H and O–H groups in total. The summed E-state index contributed by atoms with van der Waals surface area (Å²) in [6.45, 7) is 8.50. The Morgan fingerprint density at radius 3 is 2.64 bits per heavy atom. The van der Waals surface area contributed by atoms with Crippen molar-refractivity contribution in [2.45, 2.75) is 39.5 Å². The van der Waals surface area contributed by atoms with Gasteiger partial charge in [0.15, 0.2) is 0 Å². The van der Waals surface area contributed by atoms with Crippen molar-refractivity contribution in [1.29, 1.82) is 5.26 Å². The lowest BCUT2D eigenvalue weighted by Crippen LogP contribution is -2.18. The average molecular weight is 188 g/mol. The number of hydrogen-bond donors (Lipinski definition) is 0. The zero-order valence-corrected chi connectivity index (χ0v) is 9.26. The molecule has 0 spiro atoms. The van der Waals surface area contributed by atoms with E-state index in [4.69, 9.17) is 5.26 Å². The highest BCUT2D eigenvalue weighted by atomic mass is 14.7. The molecule has 0 atom stereocenters. The van der Waals surface area contributed by atoms with Crippen LogP contribution in [0.3, 0.4) is 0 Å². The normalized spacial score (nSPS) is 11.1. The molecule has 0 aliphatic carbocycles. The van der Waals surface area contributed by atoms with Gasteiger partial charge in [0, 0.05) is 11.9 Å². The molecule has 1 aromatic heterocycles. The fraction of sp³-hybridized carbons (Fsp3) is 0.500. The molecule has 0 radical (unpaired) electrons. The topological polar surface area (TPSA) is 36.7 Å². The van der Waals surface area contributed by atoms with Gasteiger partial charge in [0.25, 0.3) is 0 Å². The molecule has 0 unspecified atom stereocenters. The van der Waals surface area contributed by atoms with Crippen molar-refractivity contribution in [2.75, 3.05) is 0 Å². The summed E-state index contributed by atoms with van der Waals surface area (Å²) in [5.41, 5.74) is 2.95. The third-order valence-corrected chi connectivity index (χ3v) is 2.83. The predicted molar refractivity (Wildman–Crippen MR) is 57.0 cm³/mol. The van der Waals surface area contributed by atoms with Gasteiger partial charge in [-0.2, -0.15) is 5.26 Å². The first-order valence-corrected chi connectivity index (χ1v) is 4.88. The van der Waals surface area contributed by atoms with Crippen LogP contribution in [0.2, 0.25) is 0 Å². The fourth-order valence-electron chi connectivity index (χ4n) is 1.47. The third kappa shape index (κ3) is 1.93. The Morgan fingerprint density at radius 1 is 1.50 bits per heavy atom. The second-order valence-electron chi connectivity index (χ2n) is 4.21. The van der Waals surface area contributed by atoms with E-state index in [1.165, 1.54) is 5.56 Å². The molecule has 0 aromatic carbocycles. The van der Waals surface area contributed by atoms with E-state index in [0.717, 1.165) is 12.1 Å². The number of pyridine rings is 1. The van der Waals surface area contributed by atoms with Gasteiger partial charge in [0.05, 0.1) is 5.56 Å². The molecule has 1 aromatic rings. The molecule has 1 rings (SSSR count). The van der Waals surface area contributed by atoms with Gasteiger partial charge in [-0.25, -0.2) is 0 Å². The van der Waals surface area contributed by atoms with E-state index < -0.39 is 0 Å². The summed E-state index contributed by atoms with van der Waals surface area (Å²) in [5.74, 6) is 0. The molecule has 14 heavy (non-hydrogen) atoms. The predicted octanol–water partition coefficient (Wildman–Crippen LogP) is 2.95. The molecule has 2 heteroatoms. The summed E-state index contributed by atoms with van der Waals surface area (Å²) < 4.78 is 0. The van der Waals surface area contributed by atoms with Crippen LogP contribution in [0.4, 0.5) is 0 Å². The maximum Gasteiger partial charge on any atom is 0.101 e. The van der Waals surface area contributed by atoms with E-state index in [0.29, 0.717) is 5.56 Å². The Bertz CT molecular complexity index is 372. The second-order valence-corrected chi connectivity index (χ2v) is 4.21. The van der Waals surface area contributed by atoms with Crippen molar-refractivity contribution >= 4 is 0 Å². The van der Waals surface area contributed by atoms with E-state index in [2.05, 4.69) is 31.8 Å². The molecule has 0 bridgehead atoms. The Kier molecular flexibility index (Phi) is 2.90. The molecule has 2 nitrogen and oxygen atoms in total. The molecular formula is C12H16N2. The first kappa shape index (κ1) is 10.7. The van der Waals surface area contributed by atoms with Crippen LogP contribution in [-0.2, 0) is 5.41 Å². The summed E-state index contributed by atoms with van der Waals surface area (Å²) >= 11 is 0. The number of nitriles is 1. The number of aryl methyl sites for hydroxylation is 1. The maximum absolute atomic E-state index is 8.80. The number of hydrogen-bond acceptors (Lipinski definition) is 2. The smallest absolute Gasteiger partial charge is 0.101 e. The van der Waals surface area contributed by atoms with E-state index in [-0.39, 0.29) is 5.41 Å². The Balaban J connectivity index is 3.27. The van der Waals surface area contributed by atoms with Gasteiger partial charge in [-0.1, -0.05) is 20.8 Å². The van der Waals surface area contributed by atoms with Gasteiger partial charge in [0.1, 0.15) is 6.07 Å². The van der Waals surface area contributed by atoms with Crippen LogP contribution in [0.15, 0.2) is 12.3 Å². The zero-order chi connectivity index (χ0) is 10.8. The fourth-order valence-corrected chi connectivity index (χ4v) is 1.47. The Labute approximate surface area is 85.6 Å². The number of nitrogens with zero attached hydrogens (tertiary/aromatic N) is 2. The lowest BCUT2D eigenvalue weighted by Gasteiger charge is -2.24. The second kappa shape index (κ2) is 3.79. The summed E-state index contributed by atoms with van der Waals surface area (Å²) in [6, 6.07) is 4.08. The van der Waals surface area contributed by atoms with Gasteiger partial charge in [0.2, 0.25) is 0 Å². The minimum Gasteiger partial charge on any atom is -0.260 e. The van der Waals surface area contributed by atoms with Gasteiger partial charge >= 0.3 is 0 Å². The molecule has 0 aliphatic rings. The van der Waals surface area contributed by atoms with Crippen LogP contribution in [0.5, 0.6) is 0 Å². The lowest BCUT2D eigenvalue weighted by atomic mass is 9.81. The average Bonchev–Trinajstić information content (AvgIpc) is 2.18. The maximum atomic E-state index is 8.80. The molecule has 74 valence electrons. The van der Waals surface area contributed by atoms with Gasteiger partial charge in [-0.05, 0) is 30.4 Å². The van der Waals surface area contributed by atoms with E-state index >= 15 is 0 Å². The highest BCUT2D eigenvalue weighted by Crippen LogP contribution is 2.28. The minimum atomic E-state index is 0.101. The number of aromatic nitrogens is 1. The summed E-state index contributed by atoms with van der Waals surface area (Å²) in [4.78, 5) is 4.24. The molecule has 0 saturated carbocycles. The zero-order valence-electron chi connectivity index (χ0n) is 9.26. The van der Waals surface area contributed by atoms with Gasteiger partial charge in [-0.15, -0.1) is 0 Å². The quantitative estimate of drug-likeness (QED) is 0.715. The van der Waals surface area contributed by atoms with Crippen LogP contribution in [0, 0.1) is 18.3 Å². The summed E-state index contributed by atoms with van der Waals surface area (Å²) in [6.07, 6.45) is 2.68. The molecule has 0 fully saturated rings. The van der Waals surface area contributed by atoms with Crippen molar-refractivity contribution in [3.8, 4) is 6.07 Å². The first-order valence-electron chi connectivity index (χ1n) is 4.88. The SMILES string of the molecule is CCC(C)(C)c1cc(C#N)cnc1C. The molecule has 0 aliphatic heterocycles. The van der Waals surface area contributed by atoms with Crippen molar-refractivity contribution in [1.82, 2.24) is 4.98 Å². The highest BCUT2D eigenvalue weighted by molar-refractivity contribution is 5.36. The Hall–Kier alpha value is -1.36. The van der Waals surface area contributed by atoms with Crippen molar-refractivity contribution in [2.24, 2.45) is 0 Å². The molecule has 1 heterocycles. The molecular weight excluding hydrogens is 172 g/mol. The molecule has 0 amide bonds. The highest BCUT2D eigenvalue weighted by Gasteiger charge is 2.21. The van der Waals surface area contributed by atoms with Crippen molar-refractivity contribution in [3.05, 3.63) is 29.1 Å². The standard InChI is InChI=1S/C12H16N2/c1-5-12(3,4)11-6-10(7-13)8-14-9(11)2/h6,8H,5H2,1-4H3. The van der Waals surface area contributed by atoms with Crippen LogP contribution in [0.1, 0.15) is 44.0 Å². The number of rotatable bonds is 2. The molecule has 0 saturated heterocycles. The van der Waals surface area contributed by atoms with E-state index in [1.54, 1.807) is 6.20 Å². The van der Waals surface area contributed by atoms with Crippen LogP contribution < -0.4 is 0 Å². The summed E-state index contributed by atoms with van der Waals surface area (Å²) in [7, 11) is 0.